The zero-order chi connectivity index (χ0) is 21.4. The minimum absolute atomic E-state index is 0.227. The van der Waals surface area contributed by atoms with Crippen LogP contribution in [0, 0.1) is 6.92 Å². The molecular formula is C19H20N8O3. The molecule has 11 heteroatoms. The van der Waals surface area contributed by atoms with Gasteiger partial charge in [-0.1, -0.05) is 0 Å². The van der Waals surface area contributed by atoms with E-state index in [1.165, 1.54) is 22.5 Å². The average molecular weight is 408 g/mol. The van der Waals surface area contributed by atoms with Crippen molar-refractivity contribution in [3.63, 3.8) is 0 Å². The number of pyridine rings is 1. The van der Waals surface area contributed by atoms with Gasteiger partial charge in [0.25, 0.3) is 5.56 Å². The van der Waals surface area contributed by atoms with Crippen molar-refractivity contribution in [2.24, 2.45) is 14.1 Å². The predicted octanol–water partition coefficient (Wildman–Crippen LogP) is -0.361. The molecule has 1 N–H and O–H groups in total. The van der Waals surface area contributed by atoms with E-state index in [2.05, 4.69) is 20.3 Å². The van der Waals surface area contributed by atoms with Crippen LogP contribution in [0.1, 0.15) is 11.4 Å². The maximum absolute atomic E-state index is 12.7. The second-order valence-corrected chi connectivity index (χ2v) is 6.90. The van der Waals surface area contributed by atoms with Crippen molar-refractivity contribution in [1.82, 2.24) is 38.5 Å². The van der Waals surface area contributed by atoms with Gasteiger partial charge in [0.2, 0.25) is 5.91 Å². The molecule has 4 heterocycles. The van der Waals surface area contributed by atoms with Gasteiger partial charge in [-0.3, -0.25) is 18.7 Å². The number of carbonyl (C=O) groups is 1. The number of amides is 1. The number of nitrogens with one attached hydrogen (secondary N) is 1. The van der Waals surface area contributed by atoms with Crippen molar-refractivity contribution in [2.75, 3.05) is 0 Å². The van der Waals surface area contributed by atoms with Gasteiger partial charge in [0.15, 0.2) is 11.2 Å². The summed E-state index contributed by atoms with van der Waals surface area (Å²) < 4.78 is 5.53. The molecule has 0 fully saturated rings. The fourth-order valence-electron chi connectivity index (χ4n) is 3.26. The highest BCUT2D eigenvalue weighted by Gasteiger charge is 2.17. The number of hydrogen-bond acceptors (Lipinski definition) is 6. The molecule has 0 bridgehead atoms. The number of hydrogen-bond donors (Lipinski definition) is 1. The zero-order valence-electron chi connectivity index (χ0n) is 16.7. The van der Waals surface area contributed by atoms with Crippen LogP contribution in [0.2, 0.25) is 0 Å². The largest absolute Gasteiger partial charge is 0.350 e. The Bertz CT molecular complexity index is 1370. The lowest BCUT2D eigenvalue weighted by Crippen LogP contribution is -2.43. The van der Waals surface area contributed by atoms with Gasteiger partial charge in [0.1, 0.15) is 18.2 Å². The first kappa shape index (κ1) is 19.3. The van der Waals surface area contributed by atoms with Gasteiger partial charge in [-0.25, -0.2) is 24.3 Å². The normalized spacial score (nSPS) is 11.2. The first-order valence-corrected chi connectivity index (χ1v) is 9.19. The van der Waals surface area contributed by atoms with E-state index in [1.54, 1.807) is 31.7 Å². The van der Waals surface area contributed by atoms with Gasteiger partial charge in [-0.2, -0.15) is 0 Å². The number of aryl methyl sites for hydroxylation is 3. The molecule has 0 saturated heterocycles. The van der Waals surface area contributed by atoms with E-state index in [9.17, 15) is 14.4 Å². The Labute approximate surface area is 170 Å². The summed E-state index contributed by atoms with van der Waals surface area (Å²) in [6.07, 6.45) is 6.59. The van der Waals surface area contributed by atoms with Crippen LogP contribution >= 0.6 is 0 Å². The molecule has 4 rings (SSSR count). The molecule has 154 valence electrons. The number of imidazole rings is 2. The Kier molecular flexibility index (Phi) is 4.78. The summed E-state index contributed by atoms with van der Waals surface area (Å²) in [6, 6.07) is 3.62. The van der Waals surface area contributed by atoms with Crippen molar-refractivity contribution in [3.8, 4) is 5.82 Å². The molecule has 0 spiro atoms. The molecule has 11 nitrogen and oxygen atoms in total. The topological polar surface area (TPSA) is 122 Å². The van der Waals surface area contributed by atoms with Crippen molar-refractivity contribution in [2.45, 2.75) is 20.0 Å². The molecular weight excluding hydrogens is 388 g/mol. The third kappa shape index (κ3) is 3.30. The summed E-state index contributed by atoms with van der Waals surface area (Å²) in [5.74, 6) is 1.03. The van der Waals surface area contributed by atoms with E-state index in [-0.39, 0.29) is 24.3 Å². The molecule has 0 aromatic carbocycles. The summed E-state index contributed by atoms with van der Waals surface area (Å²) in [7, 11) is 3.18. The Morgan fingerprint density at radius 2 is 1.93 bits per heavy atom. The summed E-state index contributed by atoms with van der Waals surface area (Å²) in [6.45, 7) is 1.71. The van der Waals surface area contributed by atoms with Crippen LogP contribution in [0.3, 0.4) is 0 Å². The van der Waals surface area contributed by atoms with Crippen molar-refractivity contribution in [3.05, 3.63) is 69.3 Å². The van der Waals surface area contributed by atoms with Crippen LogP contribution in [-0.4, -0.2) is 39.1 Å². The van der Waals surface area contributed by atoms with Crippen LogP contribution in [-0.2, 0) is 32.0 Å². The summed E-state index contributed by atoms with van der Waals surface area (Å²) >= 11 is 0. The van der Waals surface area contributed by atoms with E-state index < -0.39 is 17.2 Å². The van der Waals surface area contributed by atoms with Crippen molar-refractivity contribution in [1.29, 1.82) is 0 Å². The monoisotopic (exact) mass is 408 g/mol. The number of fused-ring (bicyclic) bond motifs is 1. The maximum atomic E-state index is 12.7. The molecule has 1 amide bonds. The lowest BCUT2D eigenvalue weighted by molar-refractivity contribution is -0.121. The Morgan fingerprint density at radius 1 is 1.13 bits per heavy atom. The highest BCUT2D eigenvalue weighted by molar-refractivity contribution is 5.76. The second kappa shape index (κ2) is 7.43. The minimum atomic E-state index is -0.594. The number of rotatable bonds is 5. The molecule has 0 aliphatic heterocycles. The SMILES string of the molecule is Cc1nccn1-c1cc(CNC(=O)Cn2c(=O)c3c(ncn3C)n(C)c2=O)ccn1. The Hall–Kier alpha value is -4.02. The lowest BCUT2D eigenvalue weighted by atomic mass is 10.2. The third-order valence-electron chi connectivity index (χ3n) is 4.87. The third-order valence-corrected chi connectivity index (χ3v) is 4.87. The van der Waals surface area contributed by atoms with Crippen molar-refractivity contribution >= 4 is 17.1 Å². The van der Waals surface area contributed by atoms with Gasteiger partial charge >= 0.3 is 5.69 Å². The highest BCUT2D eigenvalue weighted by Crippen LogP contribution is 2.09. The van der Waals surface area contributed by atoms with E-state index >= 15 is 0 Å². The van der Waals surface area contributed by atoms with Crippen LogP contribution < -0.4 is 16.6 Å². The Morgan fingerprint density at radius 3 is 2.67 bits per heavy atom. The summed E-state index contributed by atoms with van der Waals surface area (Å²) in [5.41, 5.74) is 0.222. The molecule has 4 aromatic heterocycles. The highest BCUT2D eigenvalue weighted by atomic mass is 16.2. The molecule has 4 aromatic rings. The minimum Gasteiger partial charge on any atom is -0.350 e. The average Bonchev–Trinajstić information content (AvgIpc) is 3.34. The van der Waals surface area contributed by atoms with E-state index in [0.29, 0.717) is 5.82 Å². The van der Waals surface area contributed by atoms with Gasteiger partial charge in [-0.15, -0.1) is 0 Å². The first-order chi connectivity index (χ1) is 14.4. The molecule has 0 unspecified atom stereocenters. The number of nitrogens with zero attached hydrogens (tertiary/aromatic N) is 7. The fraction of sp³-hybridized carbons (Fsp3) is 0.263. The smallest absolute Gasteiger partial charge is 0.332 e. The zero-order valence-corrected chi connectivity index (χ0v) is 16.7. The predicted molar refractivity (Wildman–Crippen MR) is 108 cm³/mol. The van der Waals surface area contributed by atoms with E-state index in [4.69, 9.17) is 0 Å². The van der Waals surface area contributed by atoms with E-state index in [1.807, 2.05) is 17.6 Å². The second-order valence-electron chi connectivity index (χ2n) is 6.90. The van der Waals surface area contributed by atoms with Crippen molar-refractivity contribution < 1.29 is 4.79 Å². The molecule has 0 aliphatic carbocycles. The molecule has 0 atom stereocenters. The lowest BCUT2D eigenvalue weighted by Gasteiger charge is -2.10. The van der Waals surface area contributed by atoms with Gasteiger partial charge in [0.05, 0.1) is 6.33 Å². The molecule has 30 heavy (non-hydrogen) atoms. The first-order valence-electron chi connectivity index (χ1n) is 9.19. The van der Waals surface area contributed by atoms with Crippen LogP contribution in [0.4, 0.5) is 0 Å². The van der Waals surface area contributed by atoms with E-state index in [0.717, 1.165) is 16.0 Å². The Balaban J connectivity index is 1.53. The molecule has 0 radical (unpaired) electrons. The standard InChI is InChI=1S/C19H20N8O3/c1-12-20-6-7-26(12)14-8-13(4-5-21-14)9-22-15(28)10-27-18(29)16-17(23-11-24(16)2)25(3)19(27)30/h4-8,11H,9-10H2,1-3H3,(H,22,28). The van der Waals surface area contributed by atoms with Crippen LogP contribution in [0.25, 0.3) is 17.0 Å². The van der Waals surface area contributed by atoms with Gasteiger partial charge in [-0.05, 0) is 24.6 Å². The quantitative estimate of drug-likeness (QED) is 0.481. The summed E-state index contributed by atoms with van der Waals surface area (Å²) in [4.78, 5) is 50.2. The fourth-order valence-corrected chi connectivity index (χ4v) is 3.26. The number of aromatic nitrogens is 7. The number of carbonyl (C=O) groups excluding carboxylic acids is 1. The summed E-state index contributed by atoms with van der Waals surface area (Å²) in [5, 5.41) is 2.74. The van der Waals surface area contributed by atoms with Crippen LogP contribution in [0.5, 0.6) is 0 Å². The maximum Gasteiger partial charge on any atom is 0.332 e. The van der Waals surface area contributed by atoms with Gasteiger partial charge < -0.3 is 9.88 Å². The molecule has 0 aliphatic rings. The van der Waals surface area contributed by atoms with Gasteiger partial charge in [0, 0.05) is 39.2 Å². The molecule has 0 saturated carbocycles. The van der Waals surface area contributed by atoms with Crippen LogP contribution in [0.15, 0.2) is 46.6 Å².